The van der Waals surface area contributed by atoms with Crippen molar-refractivity contribution in [1.29, 1.82) is 10.5 Å². The summed E-state index contributed by atoms with van der Waals surface area (Å²) < 4.78 is 0. The maximum absolute atomic E-state index is 10.9. The fourth-order valence-electron chi connectivity index (χ4n) is 12.2. The summed E-state index contributed by atoms with van der Waals surface area (Å²) in [5.74, 6) is 0. The number of nitriles is 2. The summed E-state index contributed by atoms with van der Waals surface area (Å²) in [4.78, 5) is 5.01. The highest BCUT2D eigenvalue weighted by atomic mass is 28.3. The van der Waals surface area contributed by atoms with Crippen molar-refractivity contribution >= 4 is 62.9 Å². The average molecular weight is 865 g/mol. The average Bonchev–Trinajstić information content (AvgIpc) is 3.78. The van der Waals surface area contributed by atoms with Gasteiger partial charge in [0.15, 0.2) is 8.07 Å². The highest BCUT2D eigenvalue weighted by molar-refractivity contribution is 7.24. The molecule has 5 heteroatoms. The summed E-state index contributed by atoms with van der Waals surface area (Å²) >= 11 is 0. The van der Waals surface area contributed by atoms with Crippen LogP contribution in [0.15, 0.2) is 218 Å². The predicted octanol–water partition coefficient (Wildman–Crippen LogP) is 13.0. The van der Waals surface area contributed by atoms with Crippen molar-refractivity contribution in [1.82, 2.24) is 0 Å². The van der Waals surface area contributed by atoms with Crippen LogP contribution in [0.4, 0.5) is 34.1 Å². The van der Waals surface area contributed by atoms with Gasteiger partial charge in [-0.3, -0.25) is 0 Å². The highest BCUT2D eigenvalue weighted by Crippen LogP contribution is 2.57. The van der Waals surface area contributed by atoms with Crippen LogP contribution in [0.25, 0.3) is 66.8 Å². The number of anilines is 6. The quantitative estimate of drug-likeness (QED) is 0.162. The molecule has 0 atom stereocenters. The first kappa shape index (κ1) is 37.4. The van der Waals surface area contributed by atoms with E-state index in [1.807, 2.05) is 24.3 Å². The van der Waals surface area contributed by atoms with Crippen LogP contribution < -0.4 is 30.5 Å². The van der Waals surface area contributed by atoms with Crippen molar-refractivity contribution in [2.45, 2.75) is 0 Å². The van der Waals surface area contributed by atoms with E-state index < -0.39 is 8.07 Å². The second kappa shape index (κ2) is 14.0. The molecule has 4 heterocycles. The summed E-state index contributed by atoms with van der Waals surface area (Å²) in [5.41, 5.74) is 21.2. The van der Waals surface area contributed by atoms with Crippen LogP contribution in [-0.4, -0.2) is 8.07 Å². The maximum atomic E-state index is 10.9. The van der Waals surface area contributed by atoms with Crippen molar-refractivity contribution in [2.24, 2.45) is 0 Å². The smallest absolute Gasteiger partial charge is 0.182 e. The molecule has 1 spiro atoms. The summed E-state index contributed by atoms with van der Waals surface area (Å²) in [5, 5.41) is 26.5. The van der Waals surface area contributed by atoms with Crippen LogP contribution in [0.3, 0.4) is 0 Å². The molecule has 0 fully saturated rings. The first-order chi connectivity index (χ1) is 33.2. The van der Waals surface area contributed by atoms with Crippen LogP contribution in [0.2, 0.25) is 0 Å². The zero-order valence-corrected chi connectivity index (χ0v) is 37.1. The topological polar surface area (TPSA) is 54.1 Å². The summed E-state index contributed by atoms with van der Waals surface area (Å²) in [6, 6.07) is 84.2. The summed E-state index contributed by atoms with van der Waals surface area (Å²) in [7, 11) is -3.31. The van der Waals surface area contributed by atoms with Crippen molar-refractivity contribution in [3.8, 4) is 78.9 Å². The van der Waals surface area contributed by atoms with Crippen LogP contribution >= 0.6 is 0 Å². The lowest BCUT2D eigenvalue weighted by Crippen LogP contribution is -2.70. The Kier molecular flexibility index (Phi) is 7.81. The Labute approximate surface area is 389 Å². The first-order valence-electron chi connectivity index (χ1n) is 22.7. The Morgan fingerprint density at radius 1 is 0.254 bits per heavy atom. The molecule has 0 saturated carbocycles. The lowest BCUT2D eigenvalue weighted by molar-refractivity contribution is 1.28. The third-order valence-corrected chi connectivity index (χ3v) is 19.5. The van der Waals surface area contributed by atoms with Crippen molar-refractivity contribution in [3.63, 3.8) is 0 Å². The molecular weight excluding hydrogens is 829 g/mol. The highest BCUT2D eigenvalue weighted by Gasteiger charge is 2.57. The van der Waals surface area contributed by atoms with Crippen LogP contribution in [0.1, 0.15) is 11.1 Å². The van der Waals surface area contributed by atoms with Gasteiger partial charge in [0.1, 0.15) is 0 Å². The number of hydrogen-bond donors (Lipinski definition) is 0. The number of hydrogen-bond acceptors (Lipinski definition) is 4. The molecule has 0 N–H and O–H groups in total. The molecule has 0 unspecified atom stereocenters. The van der Waals surface area contributed by atoms with Gasteiger partial charge in [0.05, 0.1) is 57.4 Å². The molecule has 0 aliphatic carbocycles. The first-order valence-corrected chi connectivity index (χ1v) is 24.7. The SMILES string of the molecule is N#Cc1cccc2c1-c1c(C#N)cccc1[Si]21c2cccc(N3c4ccccc4-c4ccccc4-c4ccccc43)c2-c2c(N3c4ccccc4-c4ccccc4-c4ccccc43)cccc21. The van der Waals surface area contributed by atoms with E-state index in [-0.39, 0.29) is 0 Å². The zero-order valence-electron chi connectivity index (χ0n) is 36.1. The molecule has 0 saturated heterocycles. The third kappa shape index (κ3) is 4.83. The van der Waals surface area contributed by atoms with Crippen LogP contribution in [0.5, 0.6) is 0 Å². The van der Waals surface area contributed by atoms with Gasteiger partial charge in [-0.25, -0.2) is 0 Å². The summed E-state index contributed by atoms with van der Waals surface area (Å²) in [6.07, 6.45) is 0. The van der Waals surface area contributed by atoms with Crippen LogP contribution in [0, 0.1) is 22.7 Å². The Morgan fingerprint density at radius 2 is 0.507 bits per heavy atom. The Hall–Kier alpha value is -9.00. The lowest BCUT2D eigenvalue weighted by Gasteiger charge is -2.32. The number of rotatable bonds is 2. The van der Waals surface area contributed by atoms with E-state index in [0.717, 1.165) is 89.0 Å². The number of benzene rings is 10. The van der Waals surface area contributed by atoms with E-state index >= 15 is 0 Å². The van der Waals surface area contributed by atoms with E-state index in [0.29, 0.717) is 11.1 Å². The van der Waals surface area contributed by atoms with E-state index in [4.69, 9.17) is 0 Å². The molecule has 0 bridgehead atoms. The third-order valence-electron chi connectivity index (χ3n) is 14.6. The van der Waals surface area contributed by atoms with Gasteiger partial charge in [-0.2, -0.15) is 10.5 Å². The van der Waals surface area contributed by atoms with Gasteiger partial charge in [0, 0.05) is 44.5 Å². The zero-order chi connectivity index (χ0) is 44.4. The summed E-state index contributed by atoms with van der Waals surface area (Å²) in [6.45, 7) is 0. The molecule has 4 aliphatic heterocycles. The van der Waals surface area contributed by atoms with E-state index in [9.17, 15) is 10.5 Å². The monoisotopic (exact) mass is 864 g/mol. The molecule has 0 amide bonds. The van der Waals surface area contributed by atoms with Gasteiger partial charge in [0.25, 0.3) is 0 Å². The van der Waals surface area contributed by atoms with E-state index in [1.54, 1.807) is 0 Å². The van der Waals surface area contributed by atoms with Gasteiger partial charge in [-0.1, -0.05) is 170 Å². The molecule has 4 aliphatic rings. The van der Waals surface area contributed by atoms with E-state index in [2.05, 4.69) is 216 Å². The minimum absolute atomic E-state index is 0.592. The van der Waals surface area contributed by atoms with Crippen LogP contribution in [-0.2, 0) is 0 Å². The number of fused-ring (bicyclic) bond motifs is 20. The molecule has 308 valence electrons. The Balaban J connectivity index is 1.17. The maximum Gasteiger partial charge on any atom is 0.182 e. The Morgan fingerprint density at radius 3 is 0.821 bits per heavy atom. The van der Waals surface area contributed by atoms with Gasteiger partial charge in [0.2, 0.25) is 0 Å². The number of nitrogens with zero attached hydrogens (tertiary/aromatic N) is 4. The largest absolute Gasteiger partial charge is 0.309 e. The predicted molar refractivity (Wildman–Crippen MR) is 276 cm³/mol. The number of para-hydroxylation sites is 4. The minimum Gasteiger partial charge on any atom is -0.309 e. The molecule has 0 aromatic heterocycles. The van der Waals surface area contributed by atoms with E-state index in [1.165, 1.54) is 32.6 Å². The normalized spacial score (nSPS) is 13.4. The molecule has 0 radical (unpaired) electrons. The molecule has 4 nitrogen and oxygen atoms in total. The minimum atomic E-state index is -3.31. The molecule has 10 aromatic carbocycles. The second-order valence-corrected chi connectivity index (χ2v) is 21.3. The fraction of sp³-hybridized carbons (Fsp3) is 0. The van der Waals surface area contributed by atoms with Gasteiger partial charge < -0.3 is 9.80 Å². The lowest BCUT2D eigenvalue weighted by atomic mass is 9.95. The van der Waals surface area contributed by atoms with Crippen molar-refractivity contribution in [3.05, 3.63) is 230 Å². The molecule has 67 heavy (non-hydrogen) atoms. The Bertz CT molecular complexity index is 3500. The molecule has 14 rings (SSSR count). The van der Waals surface area contributed by atoms with Gasteiger partial charge in [-0.05, 0) is 91.5 Å². The standard InChI is InChI=1S/C62H36N4Si/c63-37-39-17-13-33-55-59(39)60-40(38-64)18-14-34-56(60)67(55)57-35-15-31-53(65-49-27-9-5-23-45(49)41-19-1-2-20-42(41)46-24-6-10-28-50(46)65)61(57)62-54(32-16-36-58(62)67)66-51-29-11-7-25-47(51)43-21-3-4-22-44(43)48-26-8-12-30-52(48)66/h1-36H. The van der Waals surface area contributed by atoms with Crippen molar-refractivity contribution < 1.29 is 0 Å². The molecular formula is C62H36N4Si. The van der Waals surface area contributed by atoms with Gasteiger partial charge in [-0.15, -0.1) is 0 Å². The fourth-order valence-corrected chi connectivity index (χ4v) is 17.8. The molecule has 10 aromatic rings. The second-order valence-electron chi connectivity index (χ2n) is 17.7. The van der Waals surface area contributed by atoms with Crippen molar-refractivity contribution in [2.75, 3.05) is 9.80 Å². The van der Waals surface area contributed by atoms with Gasteiger partial charge >= 0.3 is 0 Å².